The smallest absolute Gasteiger partial charge is 0.0801 e. The fourth-order valence-electron chi connectivity index (χ4n) is 4.14. The highest BCUT2D eigenvalue weighted by molar-refractivity contribution is 7.18. The molecule has 0 amide bonds. The molecule has 2 nitrogen and oxygen atoms in total. The van der Waals surface area contributed by atoms with Crippen molar-refractivity contribution in [2.45, 2.75) is 0 Å². The standard InChI is InChI=1S/C27H18N2S/c1-3-13-24-21(10-1)22-11-2-4-14-25(22)29(24)20-9-7-8-19(18-20)26-15-16-27(30-26)23-12-5-6-17-28-23/h1-18H. The van der Waals surface area contributed by atoms with Gasteiger partial charge < -0.3 is 4.57 Å². The van der Waals surface area contributed by atoms with E-state index in [9.17, 15) is 0 Å². The van der Waals surface area contributed by atoms with E-state index in [1.54, 1.807) is 11.3 Å². The number of thiophene rings is 1. The van der Waals surface area contributed by atoms with Crippen LogP contribution in [0.4, 0.5) is 0 Å². The van der Waals surface area contributed by atoms with Gasteiger partial charge in [-0.3, -0.25) is 4.98 Å². The first-order chi connectivity index (χ1) is 14.9. The first-order valence-corrected chi connectivity index (χ1v) is 10.8. The second-order valence-corrected chi connectivity index (χ2v) is 8.38. The summed E-state index contributed by atoms with van der Waals surface area (Å²) >= 11 is 1.78. The molecule has 0 aliphatic rings. The summed E-state index contributed by atoms with van der Waals surface area (Å²) in [6, 6.07) is 36.5. The fourth-order valence-corrected chi connectivity index (χ4v) is 5.12. The summed E-state index contributed by atoms with van der Waals surface area (Å²) in [5.41, 5.74) is 5.89. The zero-order chi connectivity index (χ0) is 19.9. The molecule has 6 rings (SSSR count). The van der Waals surface area contributed by atoms with Crippen LogP contribution in [0.25, 0.3) is 48.5 Å². The maximum Gasteiger partial charge on any atom is 0.0801 e. The molecule has 30 heavy (non-hydrogen) atoms. The van der Waals surface area contributed by atoms with E-state index in [1.165, 1.54) is 42.8 Å². The molecule has 3 aromatic heterocycles. The number of benzene rings is 3. The number of pyridine rings is 1. The minimum absolute atomic E-state index is 1.02. The van der Waals surface area contributed by atoms with E-state index < -0.39 is 0 Å². The van der Waals surface area contributed by atoms with Crippen LogP contribution in [0.5, 0.6) is 0 Å². The van der Waals surface area contributed by atoms with Crippen LogP contribution in [0.3, 0.4) is 0 Å². The number of aromatic nitrogens is 2. The zero-order valence-corrected chi connectivity index (χ0v) is 17.0. The molecule has 0 bridgehead atoms. The van der Waals surface area contributed by atoms with Gasteiger partial charge in [-0.25, -0.2) is 0 Å². The van der Waals surface area contributed by atoms with Gasteiger partial charge in [-0.15, -0.1) is 11.3 Å². The second-order valence-electron chi connectivity index (χ2n) is 7.30. The summed E-state index contributed by atoms with van der Waals surface area (Å²) in [7, 11) is 0. The first kappa shape index (κ1) is 17.2. The SMILES string of the molecule is c1ccc(-c2ccc(-c3cccc(-n4c5ccccc5c5ccccc54)c3)s2)nc1. The van der Waals surface area contributed by atoms with E-state index in [4.69, 9.17) is 0 Å². The summed E-state index contributed by atoms with van der Waals surface area (Å²) in [6.07, 6.45) is 1.84. The molecule has 0 saturated heterocycles. The number of fused-ring (bicyclic) bond motifs is 3. The van der Waals surface area contributed by atoms with Crippen LogP contribution >= 0.6 is 11.3 Å². The highest BCUT2D eigenvalue weighted by Gasteiger charge is 2.12. The van der Waals surface area contributed by atoms with Gasteiger partial charge in [0.25, 0.3) is 0 Å². The van der Waals surface area contributed by atoms with Crippen molar-refractivity contribution in [3.63, 3.8) is 0 Å². The Balaban J connectivity index is 1.51. The molecule has 0 spiro atoms. The predicted molar refractivity (Wildman–Crippen MR) is 127 cm³/mol. The molecule has 0 saturated carbocycles. The average Bonchev–Trinajstić information content (AvgIpc) is 3.43. The summed E-state index contributed by atoms with van der Waals surface area (Å²) in [4.78, 5) is 6.93. The molecule has 0 N–H and O–H groups in total. The van der Waals surface area contributed by atoms with Crippen molar-refractivity contribution in [2.24, 2.45) is 0 Å². The van der Waals surface area contributed by atoms with Gasteiger partial charge in [-0.1, -0.05) is 54.6 Å². The molecule has 3 heteroatoms. The summed E-state index contributed by atoms with van der Waals surface area (Å²) in [5, 5.41) is 2.57. The number of para-hydroxylation sites is 2. The Morgan fingerprint density at radius 3 is 2.03 bits per heavy atom. The van der Waals surface area contributed by atoms with Crippen LogP contribution in [0, 0.1) is 0 Å². The number of rotatable bonds is 3. The lowest BCUT2D eigenvalue weighted by Gasteiger charge is -2.09. The molecule has 0 atom stereocenters. The van der Waals surface area contributed by atoms with Crippen molar-refractivity contribution in [2.75, 3.05) is 0 Å². The lowest BCUT2D eigenvalue weighted by Crippen LogP contribution is -1.93. The third-order valence-electron chi connectivity index (χ3n) is 5.49. The Kier molecular flexibility index (Phi) is 4.00. The summed E-state index contributed by atoms with van der Waals surface area (Å²) in [6.45, 7) is 0. The lowest BCUT2D eigenvalue weighted by atomic mass is 10.1. The molecule has 142 valence electrons. The monoisotopic (exact) mass is 402 g/mol. The van der Waals surface area contributed by atoms with Crippen molar-refractivity contribution < 1.29 is 0 Å². The molecule has 3 aromatic carbocycles. The van der Waals surface area contributed by atoms with Crippen LogP contribution in [-0.4, -0.2) is 9.55 Å². The van der Waals surface area contributed by atoms with Crippen LogP contribution < -0.4 is 0 Å². The Hall–Kier alpha value is -3.69. The van der Waals surface area contributed by atoms with Gasteiger partial charge in [0.2, 0.25) is 0 Å². The largest absolute Gasteiger partial charge is 0.309 e. The molecule has 0 aliphatic heterocycles. The third-order valence-corrected chi connectivity index (χ3v) is 6.65. The van der Waals surface area contributed by atoms with Gasteiger partial charge in [0.05, 0.1) is 21.6 Å². The van der Waals surface area contributed by atoms with Crippen LogP contribution in [0.15, 0.2) is 109 Å². The second kappa shape index (κ2) is 6.97. The predicted octanol–water partition coefficient (Wildman–Crippen LogP) is 7.57. The van der Waals surface area contributed by atoms with Crippen LogP contribution in [0.2, 0.25) is 0 Å². The van der Waals surface area contributed by atoms with Gasteiger partial charge in [-0.2, -0.15) is 0 Å². The van der Waals surface area contributed by atoms with Crippen LogP contribution in [0.1, 0.15) is 0 Å². The molecule has 0 unspecified atom stereocenters. The minimum Gasteiger partial charge on any atom is -0.309 e. The molecule has 6 aromatic rings. The number of hydrogen-bond acceptors (Lipinski definition) is 2. The molecular weight excluding hydrogens is 384 g/mol. The highest BCUT2D eigenvalue weighted by Crippen LogP contribution is 2.36. The summed E-state index contributed by atoms with van der Waals surface area (Å²) in [5.74, 6) is 0. The Bertz CT molecular complexity index is 1440. The lowest BCUT2D eigenvalue weighted by molar-refractivity contribution is 1.18. The van der Waals surface area contributed by atoms with E-state index in [0.29, 0.717) is 0 Å². The maximum atomic E-state index is 4.49. The zero-order valence-electron chi connectivity index (χ0n) is 16.2. The molecule has 0 fully saturated rings. The Labute approximate surface area is 178 Å². The Morgan fingerprint density at radius 2 is 1.30 bits per heavy atom. The Morgan fingerprint density at radius 1 is 0.600 bits per heavy atom. The number of nitrogens with zero attached hydrogens (tertiary/aromatic N) is 2. The molecule has 0 radical (unpaired) electrons. The molecule has 3 heterocycles. The van der Waals surface area contributed by atoms with Gasteiger partial charge in [0.15, 0.2) is 0 Å². The average molecular weight is 403 g/mol. The van der Waals surface area contributed by atoms with Crippen molar-refractivity contribution in [3.05, 3.63) is 109 Å². The van der Waals surface area contributed by atoms with Crippen molar-refractivity contribution in [1.29, 1.82) is 0 Å². The first-order valence-electron chi connectivity index (χ1n) is 9.99. The fraction of sp³-hybridized carbons (Fsp3) is 0. The van der Waals surface area contributed by atoms with Crippen molar-refractivity contribution in [1.82, 2.24) is 9.55 Å². The quantitative estimate of drug-likeness (QED) is 0.298. The molecule has 0 aliphatic carbocycles. The van der Waals surface area contributed by atoms with Crippen molar-refractivity contribution >= 4 is 33.1 Å². The van der Waals surface area contributed by atoms with Crippen molar-refractivity contribution in [3.8, 4) is 26.7 Å². The van der Waals surface area contributed by atoms with E-state index in [-0.39, 0.29) is 0 Å². The normalized spacial score (nSPS) is 11.3. The van der Waals surface area contributed by atoms with Gasteiger partial charge in [0, 0.05) is 27.5 Å². The van der Waals surface area contributed by atoms with Gasteiger partial charge in [-0.05, 0) is 54.1 Å². The van der Waals surface area contributed by atoms with Gasteiger partial charge >= 0.3 is 0 Å². The van der Waals surface area contributed by atoms with E-state index in [2.05, 4.69) is 101 Å². The number of hydrogen-bond donors (Lipinski definition) is 0. The third kappa shape index (κ3) is 2.75. The summed E-state index contributed by atoms with van der Waals surface area (Å²) < 4.78 is 2.36. The minimum atomic E-state index is 1.02. The van der Waals surface area contributed by atoms with Crippen LogP contribution in [-0.2, 0) is 0 Å². The van der Waals surface area contributed by atoms with Gasteiger partial charge in [0.1, 0.15) is 0 Å². The van der Waals surface area contributed by atoms with E-state index in [0.717, 1.165) is 5.69 Å². The highest BCUT2D eigenvalue weighted by atomic mass is 32.1. The van der Waals surface area contributed by atoms with E-state index >= 15 is 0 Å². The topological polar surface area (TPSA) is 17.8 Å². The molecular formula is C27H18N2S. The maximum absolute atomic E-state index is 4.49. The van der Waals surface area contributed by atoms with E-state index in [1.807, 2.05) is 18.3 Å².